The van der Waals surface area contributed by atoms with Crippen molar-refractivity contribution in [1.29, 1.82) is 0 Å². The van der Waals surface area contributed by atoms with Crippen LogP contribution in [0.1, 0.15) is 27.7 Å². The molecule has 0 saturated heterocycles. The minimum Gasteiger partial charge on any atom is -0.480 e. The van der Waals surface area contributed by atoms with Crippen LogP contribution in [0.2, 0.25) is 0 Å². The summed E-state index contributed by atoms with van der Waals surface area (Å²) in [5.74, 6) is -1.25. The maximum absolute atomic E-state index is 11.5. The molecule has 0 unspecified atom stereocenters. The van der Waals surface area contributed by atoms with Gasteiger partial charge in [-0.15, -0.1) is 0 Å². The second-order valence-corrected chi connectivity index (χ2v) is 5.57. The van der Waals surface area contributed by atoms with E-state index in [1.54, 1.807) is 0 Å². The van der Waals surface area contributed by atoms with Gasteiger partial charge in [-0.3, -0.25) is 0 Å². The quantitative estimate of drug-likeness (QED) is 0.566. The Labute approximate surface area is 100 Å². The van der Waals surface area contributed by atoms with Crippen molar-refractivity contribution in [3.8, 4) is 0 Å². The maximum atomic E-state index is 11.5. The Hall–Kier alpha value is -1.30. The van der Waals surface area contributed by atoms with Gasteiger partial charge < -0.3 is 20.8 Å². The van der Waals surface area contributed by atoms with Gasteiger partial charge in [0, 0.05) is 6.04 Å². The minimum atomic E-state index is -1.26. The van der Waals surface area contributed by atoms with Gasteiger partial charge in [-0.1, -0.05) is 27.7 Å². The van der Waals surface area contributed by atoms with Crippen molar-refractivity contribution in [2.45, 2.75) is 39.8 Å². The standard InChI is InChI=1S/C11H20N2O4/c1-10(2)8(11(10,3)4)13-9(17)12-6(5-14)7(15)16/h6,8,14H,5H2,1-4H3,(H,15,16)(H2,12,13,17)/t6-/m0/s1. The molecule has 4 N–H and O–H groups in total. The molecule has 0 heterocycles. The molecule has 1 fully saturated rings. The summed E-state index contributed by atoms with van der Waals surface area (Å²) in [5, 5.41) is 22.4. The van der Waals surface area contributed by atoms with Crippen LogP contribution in [-0.4, -0.2) is 40.9 Å². The smallest absolute Gasteiger partial charge is 0.328 e. The fraction of sp³-hybridized carbons (Fsp3) is 0.818. The number of carbonyl (C=O) groups excluding carboxylic acids is 1. The first-order chi connectivity index (χ1) is 7.64. The molecular formula is C11H20N2O4. The summed E-state index contributed by atoms with van der Waals surface area (Å²) in [6, 6.07) is -1.82. The Morgan fingerprint density at radius 2 is 1.71 bits per heavy atom. The summed E-state index contributed by atoms with van der Waals surface area (Å²) < 4.78 is 0. The van der Waals surface area contributed by atoms with Crippen LogP contribution in [0.3, 0.4) is 0 Å². The van der Waals surface area contributed by atoms with E-state index in [-0.39, 0.29) is 16.9 Å². The van der Waals surface area contributed by atoms with E-state index < -0.39 is 24.6 Å². The first-order valence-electron chi connectivity index (χ1n) is 5.55. The number of carboxylic acid groups (broad SMARTS) is 1. The third kappa shape index (κ3) is 2.36. The van der Waals surface area contributed by atoms with Gasteiger partial charge >= 0.3 is 12.0 Å². The highest BCUT2D eigenvalue weighted by Crippen LogP contribution is 2.62. The normalized spacial score (nSPS) is 22.6. The first-order valence-corrected chi connectivity index (χ1v) is 5.55. The monoisotopic (exact) mass is 244 g/mol. The van der Waals surface area contributed by atoms with E-state index in [1.807, 2.05) is 27.7 Å². The number of aliphatic hydroxyl groups excluding tert-OH is 1. The van der Waals surface area contributed by atoms with Gasteiger partial charge in [0.1, 0.15) is 0 Å². The van der Waals surface area contributed by atoms with Crippen LogP contribution in [0.5, 0.6) is 0 Å². The Morgan fingerprint density at radius 3 is 2.00 bits per heavy atom. The lowest BCUT2D eigenvalue weighted by atomic mass is 10.0. The molecule has 6 nitrogen and oxygen atoms in total. The molecule has 0 spiro atoms. The van der Waals surface area contributed by atoms with E-state index >= 15 is 0 Å². The molecule has 2 amide bonds. The number of amides is 2. The van der Waals surface area contributed by atoms with Crippen LogP contribution in [-0.2, 0) is 4.79 Å². The van der Waals surface area contributed by atoms with Crippen LogP contribution in [0, 0.1) is 10.8 Å². The Morgan fingerprint density at radius 1 is 1.24 bits per heavy atom. The van der Waals surface area contributed by atoms with Crippen molar-refractivity contribution in [2.24, 2.45) is 10.8 Å². The molecule has 0 aromatic heterocycles. The van der Waals surface area contributed by atoms with Crippen molar-refractivity contribution in [1.82, 2.24) is 10.6 Å². The summed E-state index contributed by atoms with van der Waals surface area (Å²) in [6.45, 7) is 7.54. The van der Waals surface area contributed by atoms with Gasteiger partial charge in [-0.2, -0.15) is 0 Å². The van der Waals surface area contributed by atoms with E-state index in [2.05, 4.69) is 10.6 Å². The van der Waals surface area contributed by atoms with E-state index in [9.17, 15) is 9.59 Å². The average molecular weight is 244 g/mol. The molecule has 0 aromatic rings. The lowest BCUT2D eigenvalue weighted by Gasteiger charge is -2.13. The zero-order valence-electron chi connectivity index (χ0n) is 10.6. The summed E-state index contributed by atoms with van der Waals surface area (Å²) >= 11 is 0. The second-order valence-electron chi connectivity index (χ2n) is 5.57. The highest BCUT2D eigenvalue weighted by molar-refractivity contribution is 5.83. The number of carbonyl (C=O) groups is 2. The topological polar surface area (TPSA) is 98.7 Å². The molecule has 1 aliphatic rings. The third-order valence-electron chi connectivity index (χ3n) is 4.08. The zero-order chi connectivity index (χ0) is 13.4. The molecule has 0 radical (unpaired) electrons. The lowest BCUT2D eigenvalue weighted by Crippen LogP contribution is -2.49. The fourth-order valence-corrected chi connectivity index (χ4v) is 2.07. The van der Waals surface area contributed by atoms with Crippen molar-refractivity contribution in [3.05, 3.63) is 0 Å². The van der Waals surface area contributed by atoms with Gasteiger partial charge in [0.2, 0.25) is 0 Å². The number of aliphatic carboxylic acids is 1. The lowest BCUT2D eigenvalue weighted by molar-refractivity contribution is -0.140. The molecule has 1 atom stereocenters. The Kier molecular flexibility index (Phi) is 3.38. The van der Waals surface area contributed by atoms with Gasteiger partial charge in [-0.25, -0.2) is 9.59 Å². The number of urea groups is 1. The number of hydrogen-bond acceptors (Lipinski definition) is 3. The number of aliphatic hydroxyl groups is 1. The van der Waals surface area contributed by atoms with Gasteiger partial charge in [0.05, 0.1) is 6.61 Å². The molecule has 0 aliphatic heterocycles. The highest BCUT2D eigenvalue weighted by atomic mass is 16.4. The number of rotatable bonds is 4. The Balaban J connectivity index is 2.50. The van der Waals surface area contributed by atoms with Crippen LogP contribution in [0.4, 0.5) is 4.79 Å². The van der Waals surface area contributed by atoms with Crippen LogP contribution in [0.25, 0.3) is 0 Å². The molecule has 1 aliphatic carbocycles. The molecule has 0 aromatic carbocycles. The SMILES string of the molecule is CC1(C)C(NC(=O)N[C@@H](CO)C(=O)O)C1(C)C. The minimum absolute atomic E-state index is 0.00291. The van der Waals surface area contributed by atoms with Crippen molar-refractivity contribution < 1.29 is 19.8 Å². The predicted octanol–water partition coefficient (Wildman–Crippen LogP) is 0.166. The molecule has 1 saturated carbocycles. The van der Waals surface area contributed by atoms with Gasteiger partial charge in [0.25, 0.3) is 0 Å². The summed E-state index contributed by atoms with van der Waals surface area (Å²) in [6.07, 6.45) is 0. The summed E-state index contributed by atoms with van der Waals surface area (Å²) in [4.78, 5) is 22.2. The van der Waals surface area contributed by atoms with Crippen LogP contribution in [0.15, 0.2) is 0 Å². The van der Waals surface area contributed by atoms with E-state index in [0.717, 1.165) is 0 Å². The van der Waals surface area contributed by atoms with Gasteiger partial charge in [-0.05, 0) is 10.8 Å². The van der Waals surface area contributed by atoms with Gasteiger partial charge in [0.15, 0.2) is 6.04 Å². The van der Waals surface area contributed by atoms with Crippen molar-refractivity contribution >= 4 is 12.0 Å². The fourth-order valence-electron chi connectivity index (χ4n) is 2.07. The molecule has 17 heavy (non-hydrogen) atoms. The molecule has 0 bridgehead atoms. The first kappa shape index (κ1) is 13.8. The highest BCUT2D eigenvalue weighted by Gasteiger charge is 2.65. The van der Waals surface area contributed by atoms with Crippen molar-refractivity contribution in [3.63, 3.8) is 0 Å². The molecular weight excluding hydrogens is 224 g/mol. The number of carboxylic acids is 1. The van der Waals surface area contributed by atoms with Crippen molar-refractivity contribution in [2.75, 3.05) is 6.61 Å². The van der Waals surface area contributed by atoms with E-state index in [4.69, 9.17) is 10.2 Å². The maximum Gasteiger partial charge on any atom is 0.328 e. The van der Waals surface area contributed by atoms with Crippen LogP contribution < -0.4 is 10.6 Å². The summed E-state index contributed by atoms with van der Waals surface area (Å²) in [7, 11) is 0. The largest absolute Gasteiger partial charge is 0.480 e. The van der Waals surface area contributed by atoms with Crippen LogP contribution >= 0.6 is 0 Å². The second kappa shape index (κ2) is 4.18. The summed E-state index contributed by atoms with van der Waals surface area (Å²) in [5.41, 5.74) is -0.0233. The third-order valence-corrected chi connectivity index (χ3v) is 4.08. The Bertz CT molecular complexity index is 324. The number of hydrogen-bond donors (Lipinski definition) is 4. The average Bonchev–Trinajstić information content (AvgIpc) is 2.57. The number of nitrogens with one attached hydrogen (secondary N) is 2. The molecule has 98 valence electrons. The molecule has 1 rings (SSSR count). The predicted molar refractivity (Wildman–Crippen MR) is 61.5 cm³/mol. The van der Waals surface area contributed by atoms with E-state index in [0.29, 0.717) is 0 Å². The zero-order valence-corrected chi connectivity index (χ0v) is 10.6. The van der Waals surface area contributed by atoms with E-state index in [1.165, 1.54) is 0 Å². The molecule has 6 heteroatoms.